The number of carbonyl (C=O) groups excluding carboxylic acids is 1. The highest BCUT2D eigenvalue weighted by Gasteiger charge is 2.43. The van der Waals surface area contributed by atoms with Crippen LogP contribution in [0.4, 0.5) is 5.69 Å². The summed E-state index contributed by atoms with van der Waals surface area (Å²) < 4.78 is 1.07. The summed E-state index contributed by atoms with van der Waals surface area (Å²) in [5.41, 5.74) is 0.0624. The van der Waals surface area contributed by atoms with Crippen LogP contribution < -0.4 is 10.2 Å². The summed E-state index contributed by atoms with van der Waals surface area (Å²) in [6.07, 6.45) is 3.06. The van der Waals surface area contributed by atoms with E-state index in [0.717, 1.165) is 36.1 Å². The van der Waals surface area contributed by atoms with Crippen molar-refractivity contribution in [3.8, 4) is 0 Å². The number of para-hydroxylation sites is 1. The summed E-state index contributed by atoms with van der Waals surface area (Å²) in [4.78, 5) is 14.3. The summed E-state index contributed by atoms with van der Waals surface area (Å²) in [5, 5.41) is 13.0. The fraction of sp³-hybridized carbons (Fsp3) is 0.533. The second-order valence-electron chi connectivity index (χ2n) is 5.74. The Balaban J connectivity index is 1.60. The molecule has 2 fully saturated rings. The van der Waals surface area contributed by atoms with Gasteiger partial charge in [-0.1, -0.05) is 12.1 Å². The zero-order chi connectivity index (χ0) is 14.2. The molecule has 4 nitrogen and oxygen atoms in total. The Morgan fingerprint density at radius 1 is 1.40 bits per heavy atom. The van der Waals surface area contributed by atoms with Crippen molar-refractivity contribution in [2.75, 3.05) is 18.0 Å². The lowest BCUT2D eigenvalue weighted by Crippen LogP contribution is -2.54. The van der Waals surface area contributed by atoms with E-state index in [2.05, 4.69) is 32.2 Å². The molecule has 1 atom stereocenters. The van der Waals surface area contributed by atoms with Crippen molar-refractivity contribution in [2.45, 2.75) is 37.3 Å². The third kappa shape index (κ3) is 2.56. The molecule has 108 valence electrons. The highest BCUT2D eigenvalue weighted by Crippen LogP contribution is 2.32. The Morgan fingerprint density at radius 2 is 2.15 bits per heavy atom. The normalized spacial score (nSPS) is 24.3. The minimum absolute atomic E-state index is 0.124. The molecule has 1 saturated carbocycles. The van der Waals surface area contributed by atoms with Gasteiger partial charge in [0.15, 0.2) is 0 Å². The SMILES string of the molecule is O=C(N[C@H]1CCN(c2ccccc2Br)C1)C1(O)CCC1. The minimum Gasteiger partial charge on any atom is -0.380 e. The Kier molecular flexibility index (Phi) is 3.73. The molecule has 1 heterocycles. The quantitative estimate of drug-likeness (QED) is 0.886. The van der Waals surface area contributed by atoms with E-state index in [9.17, 15) is 9.90 Å². The first kappa shape index (κ1) is 13.9. The van der Waals surface area contributed by atoms with Crippen molar-refractivity contribution in [1.82, 2.24) is 5.32 Å². The molecule has 1 aromatic carbocycles. The first-order chi connectivity index (χ1) is 9.58. The maximum Gasteiger partial charge on any atom is 0.252 e. The second kappa shape index (κ2) is 5.37. The highest BCUT2D eigenvalue weighted by molar-refractivity contribution is 9.10. The molecule has 0 bridgehead atoms. The standard InChI is InChI=1S/C15H19BrN2O2/c16-12-4-1-2-5-13(12)18-9-6-11(10-18)17-14(19)15(20)7-3-8-15/h1-2,4-5,11,20H,3,6-10H2,(H,17,19)/t11-/m0/s1. The summed E-state index contributed by atoms with van der Waals surface area (Å²) in [6.45, 7) is 1.72. The summed E-state index contributed by atoms with van der Waals surface area (Å²) in [7, 11) is 0. The Labute approximate surface area is 127 Å². The zero-order valence-electron chi connectivity index (χ0n) is 11.3. The fourth-order valence-electron chi connectivity index (χ4n) is 2.86. The number of hydrogen-bond donors (Lipinski definition) is 2. The molecule has 2 aliphatic rings. The Morgan fingerprint density at radius 3 is 2.80 bits per heavy atom. The van der Waals surface area contributed by atoms with Crippen LogP contribution in [0.2, 0.25) is 0 Å². The lowest BCUT2D eigenvalue weighted by atomic mass is 9.79. The number of amides is 1. The molecule has 0 unspecified atom stereocenters. The lowest BCUT2D eigenvalue weighted by molar-refractivity contribution is -0.149. The number of benzene rings is 1. The summed E-state index contributed by atoms with van der Waals surface area (Å²) in [5.74, 6) is -0.192. The van der Waals surface area contributed by atoms with Crippen LogP contribution in [-0.2, 0) is 4.79 Å². The first-order valence-electron chi connectivity index (χ1n) is 7.11. The number of anilines is 1. The van der Waals surface area contributed by atoms with E-state index in [1.54, 1.807) is 0 Å². The summed E-state index contributed by atoms with van der Waals surface area (Å²) >= 11 is 3.56. The molecule has 1 amide bonds. The van der Waals surface area contributed by atoms with Gasteiger partial charge in [-0.25, -0.2) is 0 Å². The number of carbonyl (C=O) groups is 1. The molecule has 2 N–H and O–H groups in total. The summed E-state index contributed by atoms with van der Waals surface area (Å²) in [6, 6.07) is 8.24. The minimum atomic E-state index is -1.10. The van der Waals surface area contributed by atoms with E-state index in [-0.39, 0.29) is 11.9 Å². The average Bonchev–Trinajstić information content (AvgIpc) is 2.84. The Bertz CT molecular complexity index is 516. The van der Waals surface area contributed by atoms with Gasteiger partial charge in [-0.15, -0.1) is 0 Å². The molecule has 0 radical (unpaired) electrons. The fourth-order valence-corrected chi connectivity index (χ4v) is 3.40. The van der Waals surface area contributed by atoms with E-state index >= 15 is 0 Å². The van der Waals surface area contributed by atoms with Crippen LogP contribution in [0, 0.1) is 0 Å². The van der Waals surface area contributed by atoms with Crippen molar-refractivity contribution in [1.29, 1.82) is 0 Å². The topological polar surface area (TPSA) is 52.6 Å². The van der Waals surface area contributed by atoms with Crippen molar-refractivity contribution in [3.05, 3.63) is 28.7 Å². The van der Waals surface area contributed by atoms with Gasteiger partial charge in [0.05, 0.1) is 5.69 Å². The first-order valence-corrected chi connectivity index (χ1v) is 7.91. The predicted molar refractivity (Wildman–Crippen MR) is 81.7 cm³/mol. The number of aliphatic hydroxyl groups is 1. The maximum atomic E-state index is 12.0. The number of rotatable bonds is 3. The van der Waals surface area contributed by atoms with Gasteiger partial charge >= 0.3 is 0 Å². The number of nitrogens with zero attached hydrogens (tertiary/aromatic N) is 1. The van der Waals surface area contributed by atoms with Crippen molar-refractivity contribution < 1.29 is 9.90 Å². The van der Waals surface area contributed by atoms with Gasteiger partial charge in [0.1, 0.15) is 5.60 Å². The largest absolute Gasteiger partial charge is 0.380 e. The molecular formula is C15H19BrN2O2. The van der Waals surface area contributed by atoms with Crippen LogP contribution in [0.15, 0.2) is 28.7 Å². The van der Waals surface area contributed by atoms with Crippen molar-refractivity contribution in [3.63, 3.8) is 0 Å². The average molecular weight is 339 g/mol. The molecule has 20 heavy (non-hydrogen) atoms. The van der Waals surface area contributed by atoms with E-state index in [1.165, 1.54) is 0 Å². The third-order valence-corrected chi connectivity index (χ3v) is 4.99. The highest BCUT2D eigenvalue weighted by atomic mass is 79.9. The van der Waals surface area contributed by atoms with E-state index < -0.39 is 5.60 Å². The van der Waals surface area contributed by atoms with E-state index in [4.69, 9.17) is 0 Å². The van der Waals surface area contributed by atoms with Gasteiger partial charge in [-0.2, -0.15) is 0 Å². The number of hydrogen-bond acceptors (Lipinski definition) is 3. The van der Waals surface area contributed by atoms with Gasteiger partial charge in [-0.05, 0) is 53.7 Å². The molecule has 0 aromatic heterocycles. The van der Waals surface area contributed by atoms with Crippen LogP contribution in [0.1, 0.15) is 25.7 Å². The Hall–Kier alpha value is -1.07. The molecule has 0 spiro atoms. The van der Waals surface area contributed by atoms with Crippen LogP contribution >= 0.6 is 15.9 Å². The van der Waals surface area contributed by atoms with Gasteiger partial charge in [0.2, 0.25) is 0 Å². The van der Waals surface area contributed by atoms with Gasteiger partial charge < -0.3 is 15.3 Å². The van der Waals surface area contributed by atoms with Gasteiger partial charge in [0.25, 0.3) is 5.91 Å². The van der Waals surface area contributed by atoms with Gasteiger partial charge in [0, 0.05) is 23.6 Å². The zero-order valence-corrected chi connectivity index (χ0v) is 12.9. The van der Waals surface area contributed by atoms with Gasteiger partial charge in [-0.3, -0.25) is 4.79 Å². The van der Waals surface area contributed by atoms with E-state index in [1.807, 2.05) is 18.2 Å². The molecule has 5 heteroatoms. The van der Waals surface area contributed by atoms with Crippen LogP contribution in [0.3, 0.4) is 0 Å². The van der Waals surface area contributed by atoms with Crippen molar-refractivity contribution >= 4 is 27.5 Å². The molecular weight excluding hydrogens is 320 g/mol. The smallest absolute Gasteiger partial charge is 0.252 e. The lowest BCUT2D eigenvalue weighted by Gasteiger charge is -2.35. The maximum absolute atomic E-state index is 12.0. The van der Waals surface area contributed by atoms with Crippen LogP contribution in [0.25, 0.3) is 0 Å². The molecule has 3 rings (SSSR count). The third-order valence-electron chi connectivity index (χ3n) is 4.32. The number of halogens is 1. The molecule has 1 aliphatic heterocycles. The van der Waals surface area contributed by atoms with Crippen LogP contribution in [-0.4, -0.2) is 35.7 Å². The molecule has 1 aromatic rings. The predicted octanol–water partition coefficient (Wildman–Crippen LogP) is 2.06. The molecule has 1 saturated heterocycles. The van der Waals surface area contributed by atoms with E-state index in [0.29, 0.717) is 12.8 Å². The number of nitrogens with one attached hydrogen (secondary N) is 1. The monoisotopic (exact) mass is 338 g/mol. The van der Waals surface area contributed by atoms with Crippen molar-refractivity contribution in [2.24, 2.45) is 0 Å². The second-order valence-corrected chi connectivity index (χ2v) is 6.60. The molecule has 1 aliphatic carbocycles. The van der Waals surface area contributed by atoms with Crippen LogP contribution in [0.5, 0.6) is 0 Å².